The van der Waals surface area contributed by atoms with Crippen LogP contribution in [0.25, 0.3) is 0 Å². The maximum absolute atomic E-state index is 11.6. The van der Waals surface area contributed by atoms with E-state index in [0.717, 1.165) is 9.35 Å². The summed E-state index contributed by atoms with van der Waals surface area (Å²) in [6.45, 7) is 0.431. The SMILES string of the molecule is NNC(=O)c1ccc(Cn2cc(Br)ccc2=O)s1. The predicted molar refractivity (Wildman–Crippen MR) is 73.5 cm³/mol. The fraction of sp³-hybridized carbons (Fsp3) is 0.0909. The minimum absolute atomic E-state index is 0.0866. The van der Waals surface area contributed by atoms with E-state index in [0.29, 0.717) is 11.4 Å². The van der Waals surface area contributed by atoms with Gasteiger partial charge in [0.1, 0.15) is 0 Å². The molecule has 0 atom stereocenters. The second-order valence-corrected chi connectivity index (χ2v) is 5.64. The Kier molecular flexibility index (Phi) is 3.95. The second-order valence-electron chi connectivity index (χ2n) is 3.55. The van der Waals surface area contributed by atoms with Crippen LogP contribution in [0, 0.1) is 0 Å². The van der Waals surface area contributed by atoms with Crippen molar-refractivity contribution < 1.29 is 4.79 Å². The second kappa shape index (κ2) is 5.47. The van der Waals surface area contributed by atoms with E-state index in [2.05, 4.69) is 21.4 Å². The maximum atomic E-state index is 11.6. The van der Waals surface area contributed by atoms with Crippen LogP contribution in [0.4, 0.5) is 0 Å². The van der Waals surface area contributed by atoms with Gasteiger partial charge < -0.3 is 4.57 Å². The number of carbonyl (C=O) groups excluding carboxylic acids is 1. The highest BCUT2D eigenvalue weighted by Crippen LogP contribution is 2.17. The molecule has 2 heterocycles. The molecule has 18 heavy (non-hydrogen) atoms. The number of thiophene rings is 1. The zero-order chi connectivity index (χ0) is 13.1. The molecule has 0 aliphatic rings. The molecule has 3 N–H and O–H groups in total. The van der Waals surface area contributed by atoms with E-state index in [1.807, 2.05) is 6.07 Å². The van der Waals surface area contributed by atoms with Gasteiger partial charge in [0.25, 0.3) is 11.5 Å². The van der Waals surface area contributed by atoms with Crippen LogP contribution in [-0.4, -0.2) is 10.5 Å². The fourth-order valence-electron chi connectivity index (χ4n) is 1.45. The first-order chi connectivity index (χ1) is 8.60. The van der Waals surface area contributed by atoms with E-state index < -0.39 is 0 Å². The van der Waals surface area contributed by atoms with Gasteiger partial charge in [0, 0.05) is 21.6 Å². The van der Waals surface area contributed by atoms with Crippen LogP contribution in [0.1, 0.15) is 14.5 Å². The quantitative estimate of drug-likeness (QED) is 0.507. The largest absolute Gasteiger partial charge is 0.309 e. The van der Waals surface area contributed by atoms with Crippen LogP contribution in [0.5, 0.6) is 0 Å². The molecule has 0 aliphatic carbocycles. The van der Waals surface area contributed by atoms with Gasteiger partial charge in [-0.2, -0.15) is 0 Å². The van der Waals surface area contributed by atoms with E-state index in [4.69, 9.17) is 5.84 Å². The Morgan fingerprint density at radius 2 is 2.17 bits per heavy atom. The standard InChI is InChI=1S/C11H10BrN3O2S/c12-7-1-4-10(16)15(5-7)6-8-2-3-9(18-8)11(17)14-13/h1-5H,6,13H2,(H,14,17). The Hall–Kier alpha value is -1.44. The molecule has 94 valence electrons. The lowest BCUT2D eigenvalue weighted by molar-refractivity contribution is 0.0957. The number of amides is 1. The minimum atomic E-state index is -0.326. The Labute approximate surface area is 115 Å². The van der Waals surface area contributed by atoms with Crippen LogP contribution in [0.3, 0.4) is 0 Å². The molecule has 7 heteroatoms. The third-order valence-electron chi connectivity index (χ3n) is 2.29. The minimum Gasteiger partial charge on any atom is -0.309 e. The molecule has 2 rings (SSSR count). The lowest BCUT2D eigenvalue weighted by Gasteiger charge is -2.03. The van der Waals surface area contributed by atoms with Gasteiger partial charge in [0.05, 0.1) is 11.4 Å². The number of aromatic nitrogens is 1. The fourth-order valence-corrected chi connectivity index (χ4v) is 2.74. The summed E-state index contributed by atoms with van der Waals surface area (Å²) in [5, 5.41) is 0. The number of nitrogens with one attached hydrogen (secondary N) is 1. The number of hydrazine groups is 1. The lowest BCUT2D eigenvalue weighted by atomic mass is 10.4. The van der Waals surface area contributed by atoms with Crippen molar-refractivity contribution in [2.45, 2.75) is 6.54 Å². The zero-order valence-corrected chi connectivity index (χ0v) is 11.6. The number of nitrogens with zero attached hydrogens (tertiary/aromatic N) is 1. The van der Waals surface area contributed by atoms with Crippen LogP contribution >= 0.6 is 27.3 Å². The third kappa shape index (κ3) is 2.87. The van der Waals surface area contributed by atoms with Crippen molar-refractivity contribution >= 4 is 33.2 Å². The molecule has 0 unspecified atom stereocenters. The molecular weight excluding hydrogens is 318 g/mol. The predicted octanol–water partition coefficient (Wildman–Crippen LogP) is 1.32. The smallest absolute Gasteiger partial charge is 0.275 e. The number of nitrogen functional groups attached to an aromatic ring is 1. The van der Waals surface area contributed by atoms with E-state index in [-0.39, 0.29) is 11.5 Å². The summed E-state index contributed by atoms with van der Waals surface area (Å²) in [5.41, 5.74) is 1.99. The Balaban J connectivity index is 2.24. The summed E-state index contributed by atoms with van der Waals surface area (Å²) in [4.78, 5) is 24.4. The number of hydrogen-bond acceptors (Lipinski definition) is 4. The number of carbonyl (C=O) groups is 1. The molecule has 2 aromatic heterocycles. The highest BCUT2D eigenvalue weighted by atomic mass is 79.9. The lowest BCUT2D eigenvalue weighted by Crippen LogP contribution is -2.29. The summed E-state index contributed by atoms with van der Waals surface area (Å²) < 4.78 is 2.40. The van der Waals surface area contributed by atoms with Gasteiger partial charge in [-0.25, -0.2) is 5.84 Å². The van der Waals surface area contributed by atoms with Crippen molar-refractivity contribution in [3.63, 3.8) is 0 Å². The van der Waals surface area contributed by atoms with Crippen molar-refractivity contribution in [2.75, 3.05) is 0 Å². The highest BCUT2D eigenvalue weighted by Gasteiger charge is 2.08. The summed E-state index contributed by atoms with van der Waals surface area (Å²) in [5.74, 6) is 4.73. The number of pyridine rings is 1. The van der Waals surface area contributed by atoms with Crippen molar-refractivity contribution in [3.05, 3.63) is 55.0 Å². The number of rotatable bonds is 3. The molecule has 2 aromatic rings. The monoisotopic (exact) mass is 327 g/mol. The zero-order valence-electron chi connectivity index (χ0n) is 9.22. The molecule has 0 aliphatic heterocycles. The molecule has 0 saturated carbocycles. The van der Waals surface area contributed by atoms with Crippen molar-refractivity contribution in [1.29, 1.82) is 0 Å². The molecule has 0 bridgehead atoms. The summed E-state index contributed by atoms with van der Waals surface area (Å²) in [6.07, 6.45) is 1.71. The van der Waals surface area contributed by atoms with Gasteiger partial charge in [-0.15, -0.1) is 11.3 Å². The van der Waals surface area contributed by atoms with Crippen molar-refractivity contribution in [3.8, 4) is 0 Å². The van der Waals surface area contributed by atoms with E-state index >= 15 is 0 Å². The molecule has 1 amide bonds. The first-order valence-electron chi connectivity index (χ1n) is 5.06. The van der Waals surface area contributed by atoms with Gasteiger partial charge in [0.2, 0.25) is 0 Å². The van der Waals surface area contributed by atoms with Crippen LogP contribution < -0.4 is 16.8 Å². The molecule has 0 fully saturated rings. The van der Waals surface area contributed by atoms with Crippen molar-refractivity contribution in [1.82, 2.24) is 9.99 Å². The number of hydrogen-bond donors (Lipinski definition) is 2. The molecule has 0 saturated heterocycles. The Bertz CT molecular complexity index is 635. The highest BCUT2D eigenvalue weighted by molar-refractivity contribution is 9.10. The van der Waals surface area contributed by atoms with Gasteiger partial charge in [-0.1, -0.05) is 0 Å². The normalized spacial score (nSPS) is 10.3. The van der Waals surface area contributed by atoms with Crippen molar-refractivity contribution in [2.24, 2.45) is 5.84 Å². The molecule has 0 radical (unpaired) electrons. The number of nitrogens with two attached hydrogens (primary N) is 1. The van der Waals surface area contributed by atoms with Gasteiger partial charge in [-0.05, 0) is 34.1 Å². The summed E-state index contributed by atoms with van der Waals surface area (Å²) in [7, 11) is 0. The van der Waals surface area contributed by atoms with Crippen LogP contribution in [0.15, 0.2) is 39.7 Å². The van der Waals surface area contributed by atoms with E-state index in [1.54, 1.807) is 22.9 Å². The summed E-state index contributed by atoms with van der Waals surface area (Å²) >= 11 is 4.62. The molecular formula is C11H10BrN3O2S. The first-order valence-corrected chi connectivity index (χ1v) is 6.67. The Morgan fingerprint density at radius 3 is 2.89 bits per heavy atom. The summed E-state index contributed by atoms with van der Waals surface area (Å²) in [6, 6.07) is 6.68. The first kappa shape index (κ1) is 13.0. The molecule has 0 spiro atoms. The maximum Gasteiger partial charge on any atom is 0.275 e. The van der Waals surface area contributed by atoms with Gasteiger partial charge in [-0.3, -0.25) is 15.0 Å². The molecule has 5 nitrogen and oxygen atoms in total. The third-order valence-corrected chi connectivity index (χ3v) is 3.83. The van der Waals surface area contributed by atoms with Crippen LogP contribution in [0.2, 0.25) is 0 Å². The van der Waals surface area contributed by atoms with Gasteiger partial charge in [0.15, 0.2) is 0 Å². The Morgan fingerprint density at radius 1 is 1.39 bits per heavy atom. The topological polar surface area (TPSA) is 77.1 Å². The van der Waals surface area contributed by atoms with Gasteiger partial charge >= 0.3 is 0 Å². The molecule has 0 aromatic carbocycles. The van der Waals surface area contributed by atoms with E-state index in [1.165, 1.54) is 17.4 Å². The average molecular weight is 328 g/mol. The average Bonchev–Trinajstić information content (AvgIpc) is 2.81. The van der Waals surface area contributed by atoms with E-state index in [9.17, 15) is 9.59 Å². The number of halogens is 1. The van der Waals surface area contributed by atoms with Crippen LogP contribution in [-0.2, 0) is 6.54 Å².